The number of carbonyl (C=O) groups is 2. The van der Waals surface area contributed by atoms with Gasteiger partial charge < -0.3 is 42.2 Å². The molecular weight excluding hydrogens is 1140 g/mol. The summed E-state index contributed by atoms with van der Waals surface area (Å²) in [5.74, 6) is 1.89. The molecule has 0 amide bonds. The van der Waals surface area contributed by atoms with Gasteiger partial charge in [-0.1, -0.05) is 26.1 Å². The lowest BCUT2D eigenvalue weighted by Gasteiger charge is -2.12. The second-order valence-electron chi connectivity index (χ2n) is 22.7. The van der Waals surface area contributed by atoms with E-state index < -0.39 is 11.9 Å². The molecule has 2 aromatic heterocycles. The highest BCUT2D eigenvalue weighted by molar-refractivity contribution is 7.80. The molecule has 0 fully saturated rings. The number of terminal acetylenes is 1. The van der Waals surface area contributed by atoms with Crippen LogP contribution in [0.25, 0.3) is 29.0 Å². The number of esters is 2. The number of carbonyl (C=O) groups excluding carboxylic acids is 2. The first kappa shape index (κ1) is 77.6. The van der Waals surface area contributed by atoms with Gasteiger partial charge in [-0.15, -0.1) is 11.5 Å². The van der Waals surface area contributed by atoms with Crippen LogP contribution >= 0.6 is 12.2 Å². The van der Waals surface area contributed by atoms with Crippen molar-refractivity contribution in [1.82, 2.24) is 29.9 Å². The molecule has 0 saturated carbocycles. The van der Waals surface area contributed by atoms with Crippen LogP contribution in [0.3, 0.4) is 0 Å². The van der Waals surface area contributed by atoms with Crippen molar-refractivity contribution in [3.63, 3.8) is 0 Å². The number of hydrogen-bond acceptors (Lipinski definition) is 16. The highest BCUT2D eigenvalue weighted by atomic mass is 32.1. The Morgan fingerprint density at radius 2 is 1.04 bits per heavy atom. The number of anilines is 4. The van der Waals surface area contributed by atoms with Gasteiger partial charge in [0.1, 0.15) is 23.5 Å². The number of halogens is 1. The van der Waals surface area contributed by atoms with E-state index in [2.05, 4.69) is 150 Å². The summed E-state index contributed by atoms with van der Waals surface area (Å²) in [5.41, 5.74) is 24.3. The number of hydrogen-bond donors (Lipinski definition) is 7. The van der Waals surface area contributed by atoms with Crippen LogP contribution in [0.4, 0.5) is 27.1 Å². The average molecular weight is 1230 g/mol. The van der Waals surface area contributed by atoms with Gasteiger partial charge >= 0.3 is 11.9 Å². The van der Waals surface area contributed by atoms with E-state index in [1.165, 1.54) is 46.5 Å². The van der Waals surface area contributed by atoms with Gasteiger partial charge in [0, 0.05) is 81.8 Å². The van der Waals surface area contributed by atoms with Crippen molar-refractivity contribution < 1.29 is 23.5 Å². The first-order chi connectivity index (χ1) is 41.7. The second-order valence-corrected chi connectivity index (χ2v) is 23.1. The highest BCUT2D eigenvalue weighted by Crippen LogP contribution is 2.24. The summed E-state index contributed by atoms with van der Waals surface area (Å²) in [4.78, 5) is 30.6. The predicted molar refractivity (Wildman–Crippen MR) is 367 cm³/mol. The average Bonchev–Trinajstić information content (AvgIpc) is 2.35. The number of rotatable bonds is 15. The quantitative estimate of drug-likeness (QED) is 0.0165. The molecule has 0 aliphatic carbocycles. The Hall–Kier alpha value is -9.42. The lowest BCUT2D eigenvalue weighted by molar-refractivity contribution is -0.141. The number of nitrogens with one attached hydrogen (secondary N) is 5. The molecule has 0 saturated heterocycles. The molecule has 0 atom stereocenters. The largest absolute Gasteiger partial charge is 0.460 e. The first-order valence-corrected chi connectivity index (χ1v) is 29.6. The summed E-state index contributed by atoms with van der Waals surface area (Å²) < 4.78 is 23.5. The standard InChI is InChI=1S/C18H24N4O2.C12H16N4.C11H16N2S.C11H14N2.C8H6FN.C6H8O2.C3H9N/c1-12(2)20-16-9-14(5)8-15(10-16)18-19-11-22(21-18)7-6-17(23)24-13(3)4;1-8(2)15-11-5-9(3)4-10(6-11)12-13-7-14-16-12;1-7(2)13-10-5-8(3)4-9(6-10)11(12)14;1-8(2)13-11-5-9(3)4-10(6-11)7-12;1-6-2-7(5-10)4-8(9)3-6;1-4-6(7)8-5(2)3;1-3(2)4/h6-13,20H,1-5H3;4-8,15H,1-3H3,(H,13,14,16);4-7,13H,1-3H3,(H2,12,14);4-6,8,13H,1-3H3;2-4H,1H3;1,5H,2-3H3;3H,4H2,1-2H3/b7-6-;;;;;;. The van der Waals surface area contributed by atoms with Crippen molar-refractivity contribution in [3.05, 3.63) is 160 Å². The van der Waals surface area contributed by atoms with Crippen LogP contribution in [0.5, 0.6) is 0 Å². The normalized spacial score (nSPS) is 10.2. The summed E-state index contributed by atoms with van der Waals surface area (Å²) in [6, 6.07) is 34.4. The van der Waals surface area contributed by atoms with E-state index >= 15 is 0 Å². The molecule has 7 rings (SSSR count). The lowest BCUT2D eigenvalue weighted by atomic mass is 10.1. The van der Waals surface area contributed by atoms with Gasteiger partial charge in [0.25, 0.3) is 0 Å². The van der Waals surface area contributed by atoms with E-state index in [-0.39, 0.29) is 18.0 Å². The second kappa shape index (κ2) is 40.9. The van der Waals surface area contributed by atoms with Gasteiger partial charge in [0.2, 0.25) is 0 Å². The molecule has 0 aliphatic rings. The maximum atomic E-state index is 12.5. The van der Waals surface area contributed by atoms with Crippen LogP contribution in [0.2, 0.25) is 0 Å². The first-order valence-electron chi connectivity index (χ1n) is 29.2. The van der Waals surface area contributed by atoms with Crippen LogP contribution in [0.1, 0.15) is 141 Å². The van der Waals surface area contributed by atoms with Crippen LogP contribution < -0.4 is 32.7 Å². The van der Waals surface area contributed by atoms with E-state index in [1.54, 1.807) is 47.0 Å². The number of aromatic nitrogens is 6. The zero-order valence-corrected chi connectivity index (χ0v) is 56.1. The Bertz CT molecular complexity index is 3440. The predicted octanol–water partition coefficient (Wildman–Crippen LogP) is 14.2. The van der Waals surface area contributed by atoms with Crippen molar-refractivity contribution in [2.45, 2.75) is 174 Å². The van der Waals surface area contributed by atoms with Crippen molar-refractivity contribution in [2.75, 3.05) is 21.3 Å². The number of H-pyrrole nitrogens is 1. The third-order valence-corrected chi connectivity index (χ3v) is 10.6. The summed E-state index contributed by atoms with van der Waals surface area (Å²) in [6.45, 7) is 37.7. The molecule has 89 heavy (non-hydrogen) atoms. The third kappa shape index (κ3) is 35.7. The number of thiocarbonyl (C=S) groups is 1. The van der Waals surface area contributed by atoms with Gasteiger partial charge in [-0.3, -0.25) is 5.10 Å². The minimum Gasteiger partial charge on any atom is -0.460 e. The Labute approximate surface area is 533 Å². The molecule has 0 radical (unpaired) electrons. The van der Waals surface area contributed by atoms with Crippen molar-refractivity contribution in [3.8, 4) is 47.3 Å². The third-order valence-electron chi connectivity index (χ3n) is 10.3. The Balaban J connectivity index is 0.000000544. The molecule has 0 spiro atoms. The van der Waals surface area contributed by atoms with Gasteiger partial charge in [-0.2, -0.15) is 15.6 Å². The van der Waals surface area contributed by atoms with E-state index in [0.717, 1.165) is 62.0 Å². The van der Waals surface area contributed by atoms with Crippen LogP contribution in [0, 0.1) is 75.4 Å². The molecule has 18 nitrogen and oxygen atoms in total. The van der Waals surface area contributed by atoms with E-state index in [4.69, 9.17) is 45.4 Å². The molecule has 7 aromatic rings. The molecular formula is C69H93FN14O4S. The Kier molecular flexibility index (Phi) is 35.6. The number of aryl methyl sites for hydroxylation is 5. The minimum atomic E-state index is -0.597. The van der Waals surface area contributed by atoms with E-state index in [0.29, 0.717) is 52.1 Å². The Morgan fingerprint density at radius 3 is 1.46 bits per heavy atom. The van der Waals surface area contributed by atoms with Gasteiger partial charge in [0.15, 0.2) is 11.6 Å². The zero-order chi connectivity index (χ0) is 67.5. The number of nitriles is 2. The molecule has 0 aliphatic heterocycles. The number of nitrogens with two attached hydrogens (primary N) is 2. The number of nitrogens with zero attached hydrogens (tertiary/aromatic N) is 7. The SMILES string of the molecule is C#CC(=O)OC(C)C.CC(C)N.Cc1cc(C#N)cc(NC(C)C)c1.Cc1cc(F)cc(C#N)c1.Cc1cc(NC(C)C)cc(-c2ncn(/C=C\C(=O)OC(C)C)n2)c1.Cc1cc(NC(C)C)cc(-c2ncn[nH]2)c1.Cc1cc(NC(C)C)cc(C(N)=S)c1. The topological polar surface area (TPSA) is 273 Å². The number of aromatic amines is 1. The maximum absolute atomic E-state index is 12.5. The fourth-order valence-electron chi connectivity index (χ4n) is 7.55. The van der Waals surface area contributed by atoms with Crippen LogP contribution in [0.15, 0.2) is 110 Å². The Morgan fingerprint density at radius 1 is 0.618 bits per heavy atom. The zero-order valence-electron chi connectivity index (χ0n) is 55.3. The summed E-state index contributed by atoms with van der Waals surface area (Å²) in [5, 5.41) is 41.6. The molecule has 2 heterocycles. The highest BCUT2D eigenvalue weighted by Gasteiger charge is 2.09. The molecule has 476 valence electrons. The fraction of sp³-hybridized carbons (Fsp3) is 0.377. The van der Waals surface area contributed by atoms with Gasteiger partial charge in [0.05, 0.1) is 35.5 Å². The summed E-state index contributed by atoms with van der Waals surface area (Å²) in [6.07, 6.45) is 10.4. The summed E-state index contributed by atoms with van der Waals surface area (Å²) >= 11 is 4.94. The summed E-state index contributed by atoms with van der Waals surface area (Å²) in [7, 11) is 0. The lowest BCUT2D eigenvalue weighted by Crippen LogP contribution is -2.13. The maximum Gasteiger partial charge on any atom is 0.384 e. The minimum absolute atomic E-state index is 0.112. The van der Waals surface area contributed by atoms with Crippen molar-refractivity contribution in [2.24, 2.45) is 11.5 Å². The number of benzene rings is 5. The molecule has 0 bridgehead atoms. The molecule has 0 unspecified atom stereocenters. The molecule has 20 heteroatoms. The van der Waals surface area contributed by atoms with Gasteiger partial charge in [-0.05, 0) is 243 Å². The van der Waals surface area contributed by atoms with Crippen LogP contribution in [-0.4, -0.2) is 89.3 Å². The smallest absolute Gasteiger partial charge is 0.384 e. The molecule has 9 N–H and O–H groups in total. The van der Waals surface area contributed by atoms with Crippen molar-refractivity contribution in [1.29, 1.82) is 10.5 Å². The fourth-order valence-corrected chi connectivity index (χ4v) is 7.67. The molecule has 5 aromatic carbocycles. The van der Waals surface area contributed by atoms with E-state index in [1.807, 2.05) is 89.1 Å². The monoisotopic (exact) mass is 1230 g/mol. The van der Waals surface area contributed by atoms with Gasteiger partial charge in [-0.25, -0.2) is 28.6 Å². The van der Waals surface area contributed by atoms with E-state index in [9.17, 15) is 14.0 Å². The van der Waals surface area contributed by atoms with Crippen LogP contribution in [-0.2, 0) is 19.1 Å². The van der Waals surface area contributed by atoms with Crippen molar-refractivity contribution >= 4 is 58.1 Å². The number of ether oxygens (including phenoxy) is 2.